The van der Waals surface area contributed by atoms with Gasteiger partial charge in [0, 0.05) is 18.7 Å². The Hall–Kier alpha value is -2.84. The van der Waals surface area contributed by atoms with Gasteiger partial charge in [0.05, 0.1) is 22.5 Å². The molecule has 0 bridgehead atoms. The van der Waals surface area contributed by atoms with Crippen LogP contribution in [0.25, 0.3) is 10.2 Å². The summed E-state index contributed by atoms with van der Waals surface area (Å²) in [7, 11) is 1.52. The van der Waals surface area contributed by atoms with Crippen molar-refractivity contribution < 1.29 is 14.3 Å². The zero-order chi connectivity index (χ0) is 19.6. The van der Waals surface area contributed by atoms with Crippen LogP contribution in [0.2, 0.25) is 5.02 Å². The average Bonchev–Trinajstić information content (AvgIpc) is 2.98. The van der Waals surface area contributed by atoms with Crippen LogP contribution in [0.5, 0.6) is 5.75 Å². The molecule has 140 valence electrons. The number of hydrogen-bond acceptors (Lipinski definition) is 5. The van der Waals surface area contributed by atoms with E-state index in [4.69, 9.17) is 16.3 Å². The van der Waals surface area contributed by atoms with Gasteiger partial charge in [0.1, 0.15) is 11.3 Å². The van der Waals surface area contributed by atoms with Crippen molar-refractivity contribution in [3.05, 3.63) is 40.9 Å². The van der Waals surface area contributed by atoms with Crippen LogP contribution < -0.4 is 20.7 Å². The van der Waals surface area contributed by atoms with Gasteiger partial charge in [0.2, 0.25) is 5.91 Å². The van der Waals surface area contributed by atoms with Crippen LogP contribution in [0, 0.1) is 6.92 Å². The van der Waals surface area contributed by atoms with Gasteiger partial charge in [-0.2, -0.15) is 0 Å². The molecule has 3 amide bonds. The molecular weight excluding hydrogens is 388 g/mol. The largest absolute Gasteiger partial charge is 0.494 e. The SMILES string of the molecule is COc1cc(NC(=O)Nc2ccc(C)cc2Cl)cc2sc(NC(C)=O)nc12. The molecule has 0 radical (unpaired) electrons. The minimum atomic E-state index is -0.436. The number of ether oxygens (including phenoxy) is 1. The van der Waals surface area contributed by atoms with Gasteiger partial charge in [-0.1, -0.05) is 29.0 Å². The number of thiazole rings is 1. The first-order valence-electron chi connectivity index (χ1n) is 7.96. The van der Waals surface area contributed by atoms with Crippen molar-refractivity contribution >= 4 is 61.6 Å². The molecule has 0 spiro atoms. The van der Waals surface area contributed by atoms with Gasteiger partial charge in [-0.05, 0) is 30.7 Å². The number of fused-ring (bicyclic) bond motifs is 1. The Morgan fingerprint density at radius 2 is 1.93 bits per heavy atom. The van der Waals surface area contributed by atoms with Gasteiger partial charge in [-0.15, -0.1) is 0 Å². The molecule has 3 aromatic rings. The third-order valence-electron chi connectivity index (χ3n) is 3.59. The first-order chi connectivity index (χ1) is 12.9. The van der Waals surface area contributed by atoms with Crippen molar-refractivity contribution in [1.82, 2.24) is 4.98 Å². The molecule has 2 aromatic carbocycles. The second-order valence-corrected chi connectivity index (χ2v) is 7.23. The Morgan fingerprint density at radius 1 is 1.15 bits per heavy atom. The number of carbonyl (C=O) groups is 2. The number of urea groups is 1. The normalized spacial score (nSPS) is 10.5. The molecule has 0 aliphatic carbocycles. The standard InChI is InChI=1S/C18H17ClN4O3S/c1-9-4-5-13(12(19)6-9)22-17(25)21-11-7-14(26-3)16-15(8-11)27-18(23-16)20-10(2)24/h4-8H,1-3H3,(H,20,23,24)(H2,21,22,25). The van der Waals surface area contributed by atoms with Crippen LogP contribution in [0.15, 0.2) is 30.3 Å². The van der Waals surface area contributed by atoms with Gasteiger partial charge < -0.3 is 20.7 Å². The van der Waals surface area contributed by atoms with Crippen LogP contribution in [-0.2, 0) is 4.79 Å². The molecule has 0 atom stereocenters. The highest BCUT2D eigenvalue weighted by Gasteiger charge is 2.14. The Bertz CT molecular complexity index is 1030. The second-order valence-electron chi connectivity index (χ2n) is 5.79. The predicted molar refractivity (Wildman–Crippen MR) is 109 cm³/mol. The molecule has 0 aliphatic heterocycles. The number of aromatic nitrogens is 1. The lowest BCUT2D eigenvalue weighted by Gasteiger charge is -2.10. The lowest BCUT2D eigenvalue weighted by molar-refractivity contribution is -0.114. The lowest BCUT2D eigenvalue weighted by atomic mass is 10.2. The smallest absolute Gasteiger partial charge is 0.323 e. The Balaban J connectivity index is 1.83. The molecule has 9 heteroatoms. The van der Waals surface area contributed by atoms with E-state index < -0.39 is 6.03 Å². The number of carbonyl (C=O) groups excluding carboxylic acids is 2. The molecule has 0 unspecified atom stereocenters. The monoisotopic (exact) mass is 404 g/mol. The zero-order valence-electron chi connectivity index (χ0n) is 14.8. The molecule has 1 heterocycles. The number of nitrogens with one attached hydrogen (secondary N) is 3. The quantitative estimate of drug-likeness (QED) is 0.578. The van der Waals surface area contributed by atoms with Crippen LogP contribution in [-0.4, -0.2) is 24.0 Å². The van der Waals surface area contributed by atoms with Gasteiger partial charge in [0.15, 0.2) is 5.13 Å². The third-order valence-corrected chi connectivity index (χ3v) is 4.82. The van der Waals surface area contributed by atoms with Crippen molar-refractivity contribution in [1.29, 1.82) is 0 Å². The number of methoxy groups -OCH3 is 1. The average molecular weight is 405 g/mol. The first kappa shape index (κ1) is 18.9. The topological polar surface area (TPSA) is 92.4 Å². The molecule has 0 saturated heterocycles. The molecule has 7 nitrogen and oxygen atoms in total. The summed E-state index contributed by atoms with van der Waals surface area (Å²) in [5, 5.41) is 9.03. The summed E-state index contributed by atoms with van der Waals surface area (Å²) in [6.07, 6.45) is 0. The van der Waals surface area contributed by atoms with E-state index in [0.717, 1.165) is 10.3 Å². The Kier molecular flexibility index (Phi) is 5.48. The molecule has 1 aromatic heterocycles. The van der Waals surface area contributed by atoms with Crippen molar-refractivity contribution in [2.24, 2.45) is 0 Å². The fourth-order valence-electron chi connectivity index (χ4n) is 2.44. The van der Waals surface area contributed by atoms with E-state index in [9.17, 15) is 9.59 Å². The molecule has 27 heavy (non-hydrogen) atoms. The summed E-state index contributed by atoms with van der Waals surface area (Å²) in [5.74, 6) is 0.282. The highest BCUT2D eigenvalue weighted by Crippen LogP contribution is 2.35. The first-order valence-corrected chi connectivity index (χ1v) is 9.15. The van der Waals surface area contributed by atoms with Gasteiger partial charge in [-0.25, -0.2) is 9.78 Å². The van der Waals surface area contributed by atoms with E-state index in [1.165, 1.54) is 25.4 Å². The van der Waals surface area contributed by atoms with Gasteiger partial charge in [-0.3, -0.25) is 4.79 Å². The second kappa shape index (κ2) is 7.81. The fourth-order valence-corrected chi connectivity index (χ4v) is 3.69. The van der Waals surface area contributed by atoms with E-state index in [0.29, 0.717) is 32.8 Å². The molecule has 3 N–H and O–H groups in total. The third kappa shape index (κ3) is 4.47. The number of hydrogen-bond donors (Lipinski definition) is 3. The number of halogens is 1. The van der Waals surface area contributed by atoms with Crippen molar-refractivity contribution in [2.45, 2.75) is 13.8 Å². The van der Waals surface area contributed by atoms with Crippen molar-refractivity contribution in [2.75, 3.05) is 23.1 Å². The van der Waals surface area contributed by atoms with Crippen LogP contribution in [0.1, 0.15) is 12.5 Å². The van der Waals surface area contributed by atoms with E-state index in [-0.39, 0.29) is 5.91 Å². The van der Waals surface area contributed by atoms with E-state index in [1.807, 2.05) is 13.0 Å². The van der Waals surface area contributed by atoms with E-state index >= 15 is 0 Å². The molecule has 0 saturated carbocycles. The molecule has 3 rings (SSSR count). The van der Waals surface area contributed by atoms with Gasteiger partial charge >= 0.3 is 6.03 Å². The summed E-state index contributed by atoms with van der Waals surface area (Å²) in [6.45, 7) is 3.33. The summed E-state index contributed by atoms with van der Waals surface area (Å²) >= 11 is 7.43. The minimum Gasteiger partial charge on any atom is -0.494 e. The summed E-state index contributed by atoms with van der Waals surface area (Å²) < 4.78 is 6.12. The highest BCUT2D eigenvalue weighted by atomic mass is 35.5. The number of benzene rings is 2. The van der Waals surface area contributed by atoms with Gasteiger partial charge in [0.25, 0.3) is 0 Å². The van der Waals surface area contributed by atoms with Crippen molar-refractivity contribution in [3.63, 3.8) is 0 Å². The molecular formula is C18H17ClN4O3S. The maximum Gasteiger partial charge on any atom is 0.323 e. The number of anilines is 3. The maximum atomic E-state index is 12.3. The predicted octanol–water partition coefficient (Wildman–Crippen LogP) is 4.87. The number of amides is 3. The summed E-state index contributed by atoms with van der Waals surface area (Å²) in [6, 6.07) is 8.36. The summed E-state index contributed by atoms with van der Waals surface area (Å²) in [4.78, 5) is 27.9. The van der Waals surface area contributed by atoms with Crippen LogP contribution >= 0.6 is 22.9 Å². The summed E-state index contributed by atoms with van der Waals surface area (Å²) in [5.41, 5.74) is 2.65. The Labute approximate surface area is 164 Å². The van der Waals surface area contributed by atoms with Crippen molar-refractivity contribution in [3.8, 4) is 5.75 Å². The zero-order valence-corrected chi connectivity index (χ0v) is 16.4. The lowest BCUT2D eigenvalue weighted by Crippen LogP contribution is -2.19. The molecule has 0 fully saturated rings. The van der Waals surface area contributed by atoms with Crippen LogP contribution in [0.3, 0.4) is 0 Å². The highest BCUT2D eigenvalue weighted by molar-refractivity contribution is 7.22. The maximum absolute atomic E-state index is 12.3. The van der Waals surface area contributed by atoms with E-state index in [1.54, 1.807) is 24.3 Å². The minimum absolute atomic E-state index is 0.208. The molecule has 0 aliphatic rings. The van der Waals surface area contributed by atoms with E-state index in [2.05, 4.69) is 20.9 Å². The number of nitrogens with zero attached hydrogens (tertiary/aromatic N) is 1. The Morgan fingerprint density at radius 3 is 2.59 bits per heavy atom. The number of aryl methyl sites for hydroxylation is 1. The van der Waals surface area contributed by atoms with Crippen LogP contribution in [0.4, 0.5) is 21.3 Å². The number of rotatable bonds is 4. The fraction of sp³-hybridized carbons (Fsp3) is 0.167.